The van der Waals surface area contributed by atoms with E-state index in [4.69, 9.17) is 9.47 Å². The summed E-state index contributed by atoms with van der Waals surface area (Å²) in [6, 6.07) is 13.1. The van der Waals surface area contributed by atoms with Gasteiger partial charge in [0, 0.05) is 36.6 Å². The average Bonchev–Trinajstić information content (AvgIpc) is 3.08. The Bertz CT molecular complexity index is 886. The van der Waals surface area contributed by atoms with Gasteiger partial charge in [0.05, 0.1) is 25.8 Å². The summed E-state index contributed by atoms with van der Waals surface area (Å²) >= 11 is 3.48. The minimum absolute atomic E-state index is 0.0439. The highest BCUT2D eigenvalue weighted by Crippen LogP contribution is 2.33. The second kappa shape index (κ2) is 8.65. The molecule has 148 valence electrons. The number of carbonyl (C=O) groups is 2. The molecule has 1 heterocycles. The van der Waals surface area contributed by atoms with E-state index in [1.54, 1.807) is 31.1 Å². The van der Waals surface area contributed by atoms with Crippen LogP contribution in [-0.4, -0.2) is 44.5 Å². The molecule has 0 saturated carbocycles. The minimum atomic E-state index is -0.374. The van der Waals surface area contributed by atoms with E-state index in [0.717, 1.165) is 15.7 Å². The number of nitrogens with zero attached hydrogens (tertiary/aromatic N) is 2. The summed E-state index contributed by atoms with van der Waals surface area (Å²) in [6.07, 6.45) is 0.208. The fourth-order valence-corrected chi connectivity index (χ4v) is 4.00. The van der Waals surface area contributed by atoms with E-state index in [1.807, 2.05) is 42.5 Å². The molecule has 28 heavy (non-hydrogen) atoms. The maximum Gasteiger partial charge on any atom is 0.228 e. The predicted molar refractivity (Wildman–Crippen MR) is 111 cm³/mol. The van der Waals surface area contributed by atoms with Gasteiger partial charge in [-0.25, -0.2) is 0 Å². The first-order valence-electron chi connectivity index (χ1n) is 8.96. The Morgan fingerprint density at radius 1 is 1.18 bits per heavy atom. The molecule has 6 nitrogen and oxygen atoms in total. The molecule has 2 amide bonds. The van der Waals surface area contributed by atoms with Crippen LogP contribution in [0.15, 0.2) is 46.9 Å². The van der Waals surface area contributed by atoms with Crippen LogP contribution in [0.2, 0.25) is 0 Å². The molecule has 0 N–H and O–H groups in total. The Labute approximate surface area is 173 Å². The first kappa shape index (κ1) is 20.2. The van der Waals surface area contributed by atoms with Gasteiger partial charge in [-0.15, -0.1) is 0 Å². The minimum Gasteiger partial charge on any atom is -0.493 e. The van der Waals surface area contributed by atoms with Gasteiger partial charge in [-0.2, -0.15) is 0 Å². The van der Waals surface area contributed by atoms with E-state index in [1.165, 1.54) is 0 Å². The number of halogens is 1. The van der Waals surface area contributed by atoms with Gasteiger partial charge in [0.1, 0.15) is 0 Å². The van der Waals surface area contributed by atoms with Crippen LogP contribution < -0.4 is 14.4 Å². The Hall–Kier alpha value is -2.54. The van der Waals surface area contributed by atoms with Crippen LogP contribution in [0.3, 0.4) is 0 Å². The molecule has 0 bridgehead atoms. The number of hydrogen-bond acceptors (Lipinski definition) is 4. The molecular formula is C21H23BrN2O4. The Morgan fingerprint density at radius 3 is 2.61 bits per heavy atom. The molecule has 1 aliphatic rings. The first-order valence-corrected chi connectivity index (χ1v) is 9.75. The number of amides is 2. The van der Waals surface area contributed by atoms with Crippen molar-refractivity contribution in [3.05, 3.63) is 52.5 Å². The second-order valence-electron chi connectivity index (χ2n) is 6.70. The zero-order valence-electron chi connectivity index (χ0n) is 16.1. The third kappa shape index (κ3) is 3.99. The number of rotatable bonds is 6. The molecule has 0 aromatic heterocycles. The molecule has 1 unspecified atom stereocenters. The van der Waals surface area contributed by atoms with Crippen LogP contribution in [0.25, 0.3) is 0 Å². The van der Waals surface area contributed by atoms with Gasteiger partial charge in [-0.3, -0.25) is 9.59 Å². The highest BCUT2D eigenvalue weighted by molar-refractivity contribution is 9.10. The fourth-order valence-electron chi connectivity index (χ4n) is 3.50. The first-order chi connectivity index (χ1) is 13.5. The van der Waals surface area contributed by atoms with E-state index in [-0.39, 0.29) is 24.2 Å². The van der Waals surface area contributed by atoms with Crippen LogP contribution in [0.4, 0.5) is 5.69 Å². The third-order valence-electron chi connectivity index (χ3n) is 4.89. The average molecular weight is 447 g/mol. The smallest absolute Gasteiger partial charge is 0.228 e. The van der Waals surface area contributed by atoms with Gasteiger partial charge >= 0.3 is 0 Å². The molecule has 1 aliphatic heterocycles. The maximum atomic E-state index is 13.0. The van der Waals surface area contributed by atoms with E-state index in [0.29, 0.717) is 24.6 Å². The number of methoxy groups -OCH3 is 2. The van der Waals surface area contributed by atoms with Crippen LogP contribution in [0, 0.1) is 5.92 Å². The van der Waals surface area contributed by atoms with E-state index in [9.17, 15) is 9.59 Å². The lowest BCUT2D eigenvalue weighted by Gasteiger charge is -2.23. The van der Waals surface area contributed by atoms with E-state index in [2.05, 4.69) is 15.9 Å². The van der Waals surface area contributed by atoms with Crippen molar-refractivity contribution in [3.63, 3.8) is 0 Å². The van der Waals surface area contributed by atoms with Crippen molar-refractivity contribution in [2.75, 3.05) is 32.7 Å². The highest BCUT2D eigenvalue weighted by atomic mass is 79.9. The summed E-state index contributed by atoms with van der Waals surface area (Å²) in [5.41, 5.74) is 1.64. The molecule has 0 aliphatic carbocycles. The van der Waals surface area contributed by atoms with Crippen LogP contribution >= 0.6 is 15.9 Å². The zero-order valence-corrected chi connectivity index (χ0v) is 17.7. The predicted octanol–water partition coefficient (Wildman–Crippen LogP) is 3.48. The number of para-hydroxylation sites is 2. The normalized spacial score (nSPS) is 16.2. The zero-order chi connectivity index (χ0) is 20.3. The van der Waals surface area contributed by atoms with Crippen molar-refractivity contribution in [1.29, 1.82) is 0 Å². The summed E-state index contributed by atoms with van der Waals surface area (Å²) in [5.74, 6) is 0.755. The molecule has 3 rings (SSSR count). The number of anilines is 1. The Morgan fingerprint density at radius 2 is 1.93 bits per heavy atom. The van der Waals surface area contributed by atoms with E-state index < -0.39 is 0 Å². The summed E-state index contributed by atoms with van der Waals surface area (Å²) in [4.78, 5) is 28.8. The summed E-state index contributed by atoms with van der Waals surface area (Å²) in [6.45, 7) is 0.749. The molecule has 2 aromatic rings. The van der Waals surface area contributed by atoms with Crippen LogP contribution in [0.5, 0.6) is 11.5 Å². The van der Waals surface area contributed by atoms with Crippen LogP contribution in [-0.2, 0) is 16.1 Å². The van der Waals surface area contributed by atoms with Gasteiger partial charge in [0.2, 0.25) is 11.8 Å². The molecule has 7 heteroatoms. The van der Waals surface area contributed by atoms with Crippen molar-refractivity contribution >= 4 is 33.4 Å². The van der Waals surface area contributed by atoms with Gasteiger partial charge < -0.3 is 19.3 Å². The number of carbonyl (C=O) groups excluding carboxylic acids is 2. The van der Waals surface area contributed by atoms with Crippen molar-refractivity contribution in [2.24, 2.45) is 5.92 Å². The summed E-state index contributed by atoms with van der Waals surface area (Å²) < 4.78 is 11.6. The molecule has 1 saturated heterocycles. The summed E-state index contributed by atoms with van der Waals surface area (Å²) in [7, 11) is 4.90. The molecular weight excluding hydrogens is 424 g/mol. The van der Waals surface area contributed by atoms with Crippen molar-refractivity contribution in [1.82, 2.24) is 4.90 Å². The second-order valence-corrected chi connectivity index (χ2v) is 7.56. The Balaban J connectivity index is 1.73. The van der Waals surface area contributed by atoms with Crippen LogP contribution in [0.1, 0.15) is 12.0 Å². The quantitative estimate of drug-likeness (QED) is 0.681. The SMILES string of the molecule is COc1cccc(CN(C)C(=O)C2CC(=O)N(c3ccccc3Br)C2)c1OC. The van der Waals surface area contributed by atoms with Crippen molar-refractivity contribution in [2.45, 2.75) is 13.0 Å². The van der Waals surface area contributed by atoms with Crippen molar-refractivity contribution < 1.29 is 19.1 Å². The molecule has 1 atom stereocenters. The van der Waals surface area contributed by atoms with Gasteiger partial charge in [0.25, 0.3) is 0 Å². The molecule has 0 radical (unpaired) electrons. The maximum absolute atomic E-state index is 13.0. The lowest BCUT2D eigenvalue weighted by molar-refractivity contribution is -0.135. The molecule has 1 fully saturated rings. The van der Waals surface area contributed by atoms with E-state index >= 15 is 0 Å². The van der Waals surface area contributed by atoms with Crippen molar-refractivity contribution in [3.8, 4) is 11.5 Å². The highest BCUT2D eigenvalue weighted by Gasteiger charge is 2.37. The number of hydrogen-bond donors (Lipinski definition) is 0. The fraction of sp³-hybridized carbons (Fsp3) is 0.333. The topological polar surface area (TPSA) is 59.1 Å². The number of ether oxygens (including phenoxy) is 2. The Kier molecular flexibility index (Phi) is 6.24. The largest absolute Gasteiger partial charge is 0.493 e. The monoisotopic (exact) mass is 446 g/mol. The van der Waals surface area contributed by atoms with Gasteiger partial charge in [0.15, 0.2) is 11.5 Å². The lowest BCUT2D eigenvalue weighted by atomic mass is 10.1. The summed E-state index contributed by atoms with van der Waals surface area (Å²) in [5, 5.41) is 0. The third-order valence-corrected chi connectivity index (χ3v) is 5.56. The molecule has 0 spiro atoms. The molecule has 2 aromatic carbocycles. The van der Waals surface area contributed by atoms with Gasteiger partial charge in [-0.1, -0.05) is 24.3 Å². The lowest BCUT2D eigenvalue weighted by Crippen LogP contribution is -2.34. The standard InChI is InChI=1S/C21H23BrN2O4/c1-23(12-14-7-6-10-18(27-2)20(14)28-3)21(26)15-11-19(25)24(13-15)17-9-5-4-8-16(17)22/h4-10,15H,11-13H2,1-3H3. The van der Waals surface area contributed by atoms with Gasteiger partial charge in [-0.05, 0) is 34.1 Å². The number of benzene rings is 2.